The zero-order valence-electron chi connectivity index (χ0n) is 15.0. The zero-order valence-corrected chi connectivity index (χ0v) is 16.6. The number of rotatable bonds is 5. The molecule has 4 rings (SSSR count). The first-order valence-electron chi connectivity index (χ1n) is 8.51. The van der Waals surface area contributed by atoms with Crippen LogP contribution in [0.3, 0.4) is 0 Å². The van der Waals surface area contributed by atoms with Gasteiger partial charge < -0.3 is 4.52 Å². The second kappa shape index (κ2) is 7.36. The fourth-order valence-electron chi connectivity index (χ4n) is 2.64. The average molecular weight is 401 g/mol. The minimum Gasteiger partial charge on any atom is -0.338 e. The standard InChI is InChI=1S/C19H17FN4OS2/c1-10(2)16-23-17(25-24-16)11(3)27-19-15-14(8-26-18(15)21-9-22-19)12-4-6-13(20)7-5-12/h4-11H,1-3H3. The van der Waals surface area contributed by atoms with Gasteiger partial charge in [-0.05, 0) is 24.6 Å². The highest BCUT2D eigenvalue weighted by Gasteiger charge is 2.21. The van der Waals surface area contributed by atoms with E-state index in [1.54, 1.807) is 41.6 Å². The lowest BCUT2D eigenvalue weighted by Crippen LogP contribution is -1.94. The Kier molecular flexibility index (Phi) is 4.92. The molecule has 3 heterocycles. The number of thioether (sulfide) groups is 1. The van der Waals surface area contributed by atoms with Crippen LogP contribution in [0.15, 0.2) is 45.5 Å². The van der Waals surface area contributed by atoms with Gasteiger partial charge >= 0.3 is 0 Å². The lowest BCUT2D eigenvalue weighted by molar-refractivity contribution is 0.373. The van der Waals surface area contributed by atoms with Gasteiger partial charge in [-0.25, -0.2) is 14.4 Å². The summed E-state index contributed by atoms with van der Waals surface area (Å²) in [6, 6.07) is 6.47. The Balaban J connectivity index is 1.71. The molecule has 27 heavy (non-hydrogen) atoms. The second-order valence-corrected chi connectivity index (χ2v) is 8.61. The van der Waals surface area contributed by atoms with Gasteiger partial charge in [0.15, 0.2) is 5.82 Å². The van der Waals surface area contributed by atoms with Gasteiger partial charge in [0.1, 0.15) is 22.0 Å². The molecule has 1 atom stereocenters. The minimum atomic E-state index is -0.255. The molecule has 0 fully saturated rings. The maximum atomic E-state index is 13.3. The van der Waals surface area contributed by atoms with Gasteiger partial charge in [-0.3, -0.25) is 0 Å². The molecule has 1 unspecified atom stereocenters. The molecule has 3 aromatic heterocycles. The van der Waals surface area contributed by atoms with E-state index in [0.717, 1.165) is 26.4 Å². The van der Waals surface area contributed by atoms with Crippen LogP contribution in [-0.4, -0.2) is 20.1 Å². The van der Waals surface area contributed by atoms with Gasteiger partial charge in [0.05, 0.1) is 10.6 Å². The average Bonchev–Trinajstić information content (AvgIpc) is 3.30. The third kappa shape index (κ3) is 3.59. The van der Waals surface area contributed by atoms with Crippen molar-refractivity contribution in [3.05, 3.63) is 53.5 Å². The van der Waals surface area contributed by atoms with E-state index in [4.69, 9.17) is 4.52 Å². The predicted molar refractivity (Wildman–Crippen MR) is 105 cm³/mol. The topological polar surface area (TPSA) is 64.7 Å². The summed E-state index contributed by atoms with van der Waals surface area (Å²) in [7, 11) is 0. The van der Waals surface area contributed by atoms with E-state index in [2.05, 4.69) is 20.1 Å². The van der Waals surface area contributed by atoms with Crippen molar-refractivity contribution in [3.63, 3.8) is 0 Å². The number of hydrogen-bond acceptors (Lipinski definition) is 7. The highest BCUT2D eigenvalue weighted by atomic mass is 32.2. The zero-order chi connectivity index (χ0) is 19.0. The molecule has 0 radical (unpaired) electrons. The Morgan fingerprint density at radius 2 is 1.89 bits per heavy atom. The van der Waals surface area contributed by atoms with Crippen molar-refractivity contribution >= 4 is 33.3 Å². The molecule has 1 aromatic carbocycles. The van der Waals surface area contributed by atoms with Crippen LogP contribution in [0.2, 0.25) is 0 Å². The van der Waals surface area contributed by atoms with Crippen molar-refractivity contribution in [1.82, 2.24) is 20.1 Å². The molecule has 0 bridgehead atoms. The van der Waals surface area contributed by atoms with Gasteiger partial charge in [-0.2, -0.15) is 4.98 Å². The summed E-state index contributed by atoms with van der Waals surface area (Å²) >= 11 is 3.10. The van der Waals surface area contributed by atoms with Crippen molar-refractivity contribution < 1.29 is 8.91 Å². The second-order valence-electron chi connectivity index (χ2n) is 6.42. The molecule has 0 aliphatic carbocycles. The maximum absolute atomic E-state index is 13.3. The first kappa shape index (κ1) is 18.1. The quantitative estimate of drug-likeness (QED) is 0.309. The van der Waals surface area contributed by atoms with Crippen molar-refractivity contribution in [2.45, 2.75) is 37.0 Å². The first-order chi connectivity index (χ1) is 13.0. The summed E-state index contributed by atoms with van der Waals surface area (Å²) in [4.78, 5) is 14.2. The Morgan fingerprint density at radius 3 is 2.59 bits per heavy atom. The van der Waals surface area contributed by atoms with Crippen LogP contribution < -0.4 is 0 Å². The van der Waals surface area contributed by atoms with Gasteiger partial charge in [0.25, 0.3) is 0 Å². The van der Waals surface area contributed by atoms with Crippen molar-refractivity contribution in [2.24, 2.45) is 0 Å². The van der Waals surface area contributed by atoms with E-state index in [1.165, 1.54) is 12.1 Å². The van der Waals surface area contributed by atoms with E-state index in [0.29, 0.717) is 11.7 Å². The summed E-state index contributed by atoms with van der Waals surface area (Å²) < 4.78 is 18.7. The van der Waals surface area contributed by atoms with Crippen LogP contribution in [0.5, 0.6) is 0 Å². The molecule has 0 N–H and O–H groups in total. The minimum absolute atomic E-state index is 0.0518. The largest absolute Gasteiger partial charge is 0.338 e. The number of halogens is 1. The number of fused-ring (bicyclic) bond motifs is 1. The fourth-order valence-corrected chi connectivity index (χ4v) is 4.59. The molecule has 8 heteroatoms. The van der Waals surface area contributed by atoms with E-state index in [9.17, 15) is 4.39 Å². The van der Waals surface area contributed by atoms with Crippen molar-refractivity contribution in [2.75, 3.05) is 0 Å². The third-order valence-corrected chi connectivity index (χ3v) is 6.08. The van der Waals surface area contributed by atoms with Crippen LogP contribution in [0, 0.1) is 5.82 Å². The Bertz CT molecular complexity index is 1070. The van der Waals surface area contributed by atoms with E-state index in [1.807, 2.05) is 26.2 Å². The molecule has 0 saturated carbocycles. The molecule has 138 valence electrons. The van der Waals surface area contributed by atoms with E-state index < -0.39 is 0 Å². The monoisotopic (exact) mass is 400 g/mol. The summed E-state index contributed by atoms with van der Waals surface area (Å²) in [6.07, 6.45) is 1.57. The molecule has 4 aromatic rings. The number of aromatic nitrogens is 4. The number of nitrogens with zero attached hydrogens (tertiary/aromatic N) is 4. The lowest BCUT2D eigenvalue weighted by Gasteiger charge is -2.08. The van der Waals surface area contributed by atoms with Crippen LogP contribution in [-0.2, 0) is 0 Å². The predicted octanol–water partition coefficient (Wildman–Crippen LogP) is 5.86. The molecular formula is C19H17FN4OS2. The first-order valence-corrected chi connectivity index (χ1v) is 10.3. The third-order valence-electron chi connectivity index (χ3n) is 4.10. The summed E-state index contributed by atoms with van der Waals surface area (Å²) in [5.74, 6) is 1.24. The van der Waals surface area contributed by atoms with Crippen molar-refractivity contribution in [3.8, 4) is 11.1 Å². The van der Waals surface area contributed by atoms with Crippen LogP contribution in [0.25, 0.3) is 21.3 Å². The molecule has 0 aliphatic rings. The van der Waals surface area contributed by atoms with Gasteiger partial charge in [0, 0.05) is 16.9 Å². The number of hydrogen-bond donors (Lipinski definition) is 0. The van der Waals surface area contributed by atoms with Crippen LogP contribution >= 0.6 is 23.1 Å². The summed E-state index contributed by atoms with van der Waals surface area (Å²) in [6.45, 7) is 6.07. The molecule has 0 amide bonds. The molecule has 5 nitrogen and oxygen atoms in total. The smallest absolute Gasteiger partial charge is 0.239 e. The lowest BCUT2D eigenvalue weighted by atomic mass is 10.1. The van der Waals surface area contributed by atoms with Gasteiger partial charge in [-0.1, -0.05) is 42.9 Å². The fraction of sp³-hybridized carbons (Fsp3) is 0.263. The van der Waals surface area contributed by atoms with Crippen molar-refractivity contribution in [1.29, 1.82) is 0 Å². The highest BCUT2D eigenvalue weighted by Crippen LogP contribution is 2.42. The van der Waals surface area contributed by atoms with Crippen LogP contribution in [0.1, 0.15) is 43.7 Å². The normalized spacial score (nSPS) is 12.8. The number of benzene rings is 1. The molecule has 0 aliphatic heterocycles. The molecular weight excluding hydrogens is 383 g/mol. The van der Waals surface area contributed by atoms with Crippen LogP contribution in [0.4, 0.5) is 4.39 Å². The van der Waals surface area contributed by atoms with Gasteiger partial charge in [0.2, 0.25) is 5.89 Å². The maximum Gasteiger partial charge on any atom is 0.239 e. The highest BCUT2D eigenvalue weighted by molar-refractivity contribution is 7.99. The Morgan fingerprint density at radius 1 is 1.11 bits per heavy atom. The number of thiophene rings is 1. The van der Waals surface area contributed by atoms with E-state index >= 15 is 0 Å². The molecule has 0 spiro atoms. The van der Waals surface area contributed by atoms with Gasteiger partial charge in [-0.15, -0.1) is 11.3 Å². The Hall–Kier alpha value is -2.32. The van der Waals surface area contributed by atoms with E-state index in [-0.39, 0.29) is 17.0 Å². The SMILES string of the molecule is CC(C)c1noc(C(C)Sc2ncnc3scc(-c4ccc(F)cc4)c23)n1. The molecule has 0 saturated heterocycles. The summed E-state index contributed by atoms with van der Waals surface area (Å²) in [5.41, 5.74) is 1.94. The summed E-state index contributed by atoms with van der Waals surface area (Å²) in [5, 5.41) is 7.83. The Labute approximate surface area is 164 Å².